The lowest BCUT2D eigenvalue weighted by Crippen LogP contribution is -1.95. The molecule has 2 rings (SSSR count). The summed E-state index contributed by atoms with van der Waals surface area (Å²) < 4.78 is 5.73. The lowest BCUT2D eigenvalue weighted by molar-refractivity contribution is -0.384. The Kier molecular flexibility index (Phi) is 4.33. The number of nitro benzene ring substituents is 1. The first-order valence-electron chi connectivity index (χ1n) is 6.32. The third-order valence-electron chi connectivity index (χ3n) is 3.04. The van der Waals surface area contributed by atoms with E-state index in [-0.39, 0.29) is 5.69 Å². The summed E-state index contributed by atoms with van der Waals surface area (Å²) in [7, 11) is 1.69. The molecule has 0 aliphatic carbocycles. The van der Waals surface area contributed by atoms with E-state index < -0.39 is 4.92 Å². The van der Waals surface area contributed by atoms with Crippen molar-refractivity contribution in [2.45, 2.75) is 13.8 Å². The van der Waals surface area contributed by atoms with Gasteiger partial charge < -0.3 is 10.1 Å². The molecule has 110 valence electrons. The fraction of sp³-hybridized carbons (Fsp3) is 0.200. The highest BCUT2D eigenvalue weighted by Crippen LogP contribution is 2.32. The Balaban J connectivity index is 2.39. The molecule has 21 heavy (non-hydrogen) atoms. The minimum atomic E-state index is -0.452. The molecule has 0 aliphatic rings. The summed E-state index contributed by atoms with van der Waals surface area (Å²) in [4.78, 5) is 10.5. The van der Waals surface area contributed by atoms with Crippen LogP contribution >= 0.6 is 11.6 Å². The van der Waals surface area contributed by atoms with E-state index in [9.17, 15) is 10.1 Å². The molecule has 0 aromatic heterocycles. The van der Waals surface area contributed by atoms with E-state index in [0.717, 1.165) is 11.1 Å². The van der Waals surface area contributed by atoms with Crippen LogP contribution in [0.15, 0.2) is 30.3 Å². The number of hydrogen-bond acceptors (Lipinski definition) is 4. The smallest absolute Gasteiger partial charge is 0.275 e. The second kappa shape index (κ2) is 6.01. The molecule has 0 spiro atoms. The molecule has 2 aromatic rings. The van der Waals surface area contributed by atoms with Gasteiger partial charge in [0.15, 0.2) is 0 Å². The summed E-state index contributed by atoms with van der Waals surface area (Å²) >= 11 is 6.11. The summed E-state index contributed by atoms with van der Waals surface area (Å²) in [5.74, 6) is 0.992. The number of aryl methyl sites for hydroxylation is 2. The molecule has 0 amide bonds. The molecule has 1 N–H and O–H groups in total. The van der Waals surface area contributed by atoms with Crippen molar-refractivity contribution in [3.05, 3.63) is 56.6 Å². The van der Waals surface area contributed by atoms with Crippen LogP contribution in [0.4, 0.5) is 11.4 Å². The number of hydrogen-bond donors (Lipinski definition) is 1. The predicted octanol–water partition coefficient (Wildman–Crippen LogP) is 4.70. The molecular weight excluding hydrogens is 292 g/mol. The zero-order chi connectivity index (χ0) is 15.6. The number of nitrogens with zero attached hydrogens (tertiary/aromatic N) is 1. The Labute approximate surface area is 127 Å². The van der Waals surface area contributed by atoms with Gasteiger partial charge in [-0.2, -0.15) is 0 Å². The molecule has 0 bridgehead atoms. The molecule has 0 fully saturated rings. The first-order valence-corrected chi connectivity index (χ1v) is 6.70. The van der Waals surface area contributed by atoms with Crippen LogP contribution in [0.1, 0.15) is 11.1 Å². The fourth-order valence-corrected chi connectivity index (χ4v) is 2.10. The normalized spacial score (nSPS) is 10.3. The summed E-state index contributed by atoms with van der Waals surface area (Å²) in [6.45, 7) is 3.77. The van der Waals surface area contributed by atoms with Gasteiger partial charge in [0, 0.05) is 29.9 Å². The molecule has 0 heterocycles. The maximum absolute atomic E-state index is 10.9. The lowest BCUT2D eigenvalue weighted by Gasteiger charge is -2.11. The van der Waals surface area contributed by atoms with Gasteiger partial charge in [0.2, 0.25) is 0 Å². The Morgan fingerprint density at radius 3 is 2.19 bits per heavy atom. The van der Waals surface area contributed by atoms with Gasteiger partial charge in [-0.25, -0.2) is 0 Å². The highest BCUT2D eigenvalue weighted by molar-refractivity contribution is 6.32. The van der Waals surface area contributed by atoms with Gasteiger partial charge in [0.25, 0.3) is 5.69 Å². The van der Waals surface area contributed by atoms with Crippen molar-refractivity contribution < 1.29 is 9.66 Å². The van der Waals surface area contributed by atoms with Crippen molar-refractivity contribution in [1.82, 2.24) is 0 Å². The Bertz CT molecular complexity index is 678. The summed E-state index contributed by atoms with van der Waals surface area (Å²) in [5, 5.41) is 14.5. The van der Waals surface area contributed by atoms with E-state index >= 15 is 0 Å². The second-order valence-corrected chi connectivity index (χ2v) is 5.07. The van der Waals surface area contributed by atoms with Gasteiger partial charge in [-0.05, 0) is 37.1 Å². The zero-order valence-electron chi connectivity index (χ0n) is 11.9. The molecule has 5 nitrogen and oxygen atoms in total. The Morgan fingerprint density at radius 2 is 1.67 bits per heavy atom. The van der Waals surface area contributed by atoms with Crippen molar-refractivity contribution in [2.75, 3.05) is 12.4 Å². The van der Waals surface area contributed by atoms with Gasteiger partial charge in [-0.15, -0.1) is 0 Å². The van der Waals surface area contributed by atoms with Gasteiger partial charge in [0.05, 0.1) is 11.0 Å². The number of halogens is 1. The number of anilines is 1. The average Bonchev–Trinajstić information content (AvgIpc) is 2.44. The molecule has 0 saturated carbocycles. The van der Waals surface area contributed by atoms with Crippen LogP contribution in [-0.2, 0) is 0 Å². The van der Waals surface area contributed by atoms with Gasteiger partial charge in [-0.1, -0.05) is 11.6 Å². The molecule has 0 saturated heterocycles. The molecule has 0 aliphatic heterocycles. The summed E-state index contributed by atoms with van der Waals surface area (Å²) in [6.07, 6.45) is 0. The average molecular weight is 307 g/mol. The van der Waals surface area contributed by atoms with Crippen LogP contribution in [0.25, 0.3) is 0 Å². The predicted molar refractivity (Wildman–Crippen MR) is 83.6 cm³/mol. The van der Waals surface area contributed by atoms with Crippen molar-refractivity contribution in [1.29, 1.82) is 0 Å². The second-order valence-electron chi connectivity index (χ2n) is 4.70. The van der Waals surface area contributed by atoms with E-state index in [1.54, 1.807) is 25.2 Å². The van der Waals surface area contributed by atoms with Crippen molar-refractivity contribution in [2.24, 2.45) is 0 Å². The van der Waals surface area contributed by atoms with Gasteiger partial charge in [0.1, 0.15) is 11.5 Å². The zero-order valence-corrected chi connectivity index (χ0v) is 12.7. The van der Waals surface area contributed by atoms with E-state index in [1.165, 1.54) is 12.1 Å². The first kappa shape index (κ1) is 15.1. The van der Waals surface area contributed by atoms with Gasteiger partial charge >= 0.3 is 0 Å². The summed E-state index contributed by atoms with van der Waals surface area (Å²) in [5.41, 5.74) is 2.37. The van der Waals surface area contributed by atoms with Crippen LogP contribution in [0.3, 0.4) is 0 Å². The number of nitrogens with one attached hydrogen (secondary N) is 1. The molecular formula is C15H15ClN2O3. The molecule has 0 unspecified atom stereocenters. The lowest BCUT2D eigenvalue weighted by atomic mass is 10.1. The molecule has 0 atom stereocenters. The van der Waals surface area contributed by atoms with Gasteiger partial charge in [-0.3, -0.25) is 10.1 Å². The maximum Gasteiger partial charge on any atom is 0.275 e. The van der Waals surface area contributed by atoms with Crippen LogP contribution in [0.2, 0.25) is 5.02 Å². The quantitative estimate of drug-likeness (QED) is 0.657. The van der Waals surface area contributed by atoms with Crippen LogP contribution < -0.4 is 10.1 Å². The minimum absolute atomic E-state index is 0.0285. The third-order valence-corrected chi connectivity index (χ3v) is 3.63. The van der Waals surface area contributed by atoms with Crippen molar-refractivity contribution in [3.63, 3.8) is 0 Å². The largest absolute Gasteiger partial charge is 0.457 e. The number of rotatable bonds is 4. The van der Waals surface area contributed by atoms with Crippen LogP contribution in [0, 0.1) is 24.0 Å². The summed E-state index contributed by atoms with van der Waals surface area (Å²) in [6, 6.07) is 8.14. The Morgan fingerprint density at radius 1 is 1.10 bits per heavy atom. The Hall–Kier alpha value is -2.27. The molecule has 6 heteroatoms. The first-order chi connectivity index (χ1) is 9.90. The highest BCUT2D eigenvalue weighted by atomic mass is 35.5. The number of non-ortho nitro benzene ring substituents is 1. The SMILES string of the molecule is CNc1cc(Oc2cc(C)c(Cl)c(C)c2)cc([N+](=O)[O-])c1. The highest BCUT2D eigenvalue weighted by Gasteiger charge is 2.11. The maximum atomic E-state index is 10.9. The minimum Gasteiger partial charge on any atom is -0.457 e. The topological polar surface area (TPSA) is 64.4 Å². The van der Waals surface area contributed by atoms with Crippen LogP contribution in [-0.4, -0.2) is 12.0 Å². The van der Waals surface area contributed by atoms with E-state index in [2.05, 4.69) is 5.32 Å². The fourth-order valence-electron chi connectivity index (χ4n) is 1.99. The van der Waals surface area contributed by atoms with E-state index in [1.807, 2.05) is 13.8 Å². The molecule has 0 radical (unpaired) electrons. The number of nitro groups is 1. The molecule has 2 aromatic carbocycles. The standard InChI is InChI=1S/C15H15ClN2O3/c1-9-4-13(5-10(2)15(9)16)21-14-7-11(17-3)6-12(8-14)18(19)20/h4-8,17H,1-3H3. The third kappa shape index (κ3) is 3.44. The van der Waals surface area contributed by atoms with Crippen LogP contribution in [0.5, 0.6) is 11.5 Å². The van der Waals surface area contributed by atoms with Crippen molar-refractivity contribution in [3.8, 4) is 11.5 Å². The van der Waals surface area contributed by atoms with Crippen molar-refractivity contribution >= 4 is 23.0 Å². The van der Waals surface area contributed by atoms with E-state index in [0.29, 0.717) is 22.2 Å². The monoisotopic (exact) mass is 306 g/mol. The van der Waals surface area contributed by atoms with E-state index in [4.69, 9.17) is 16.3 Å². The number of benzene rings is 2. The number of ether oxygens (including phenoxy) is 1.